The summed E-state index contributed by atoms with van der Waals surface area (Å²) in [6.07, 6.45) is 2.73. The van der Waals surface area contributed by atoms with Crippen molar-refractivity contribution in [2.75, 3.05) is 13.2 Å². The molecule has 0 radical (unpaired) electrons. The zero-order chi connectivity index (χ0) is 25.2. The van der Waals surface area contributed by atoms with E-state index in [0.29, 0.717) is 25.5 Å². The Kier molecular flexibility index (Phi) is 8.70. The lowest BCUT2D eigenvalue weighted by Crippen LogP contribution is -2.27. The van der Waals surface area contributed by atoms with Crippen LogP contribution in [-0.2, 0) is 17.9 Å². The maximum atomic E-state index is 11.2. The van der Waals surface area contributed by atoms with Gasteiger partial charge in [0, 0.05) is 19.2 Å². The largest absolute Gasteiger partial charge is 0.492 e. The molecule has 0 fully saturated rings. The number of benzene rings is 3. The minimum atomic E-state index is -0.609. The molecule has 0 atom stereocenters. The van der Waals surface area contributed by atoms with Crippen molar-refractivity contribution in [2.45, 2.75) is 20.0 Å². The van der Waals surface area contributed by atoms with Gasteiger partial charge in [0.05, 0.1) is 6.54 Å². The molecular formula is C30H30N2O4. The number of carbonyl (C=O) groups excluding carboxylic acids is 1. The summed E-state index contributed by atoms with van der Waals surface area (Å²) in [4.78, 5) is 13.5. The summed E-state index contributed by atoms with van der Waals surface area (Å²) in [5.74, 6) is 1.55. The number of aryl methyl sites for hydroxylation is 1. The van der Waals surface area contributed by atoms with Crippen LogP contribution in [0.25, 0.3) is 17.2 Å². The van der Waals surface area contributed by atoms with Crippen LogP contribution < -0.4 is 10.2 Å². The Bertz CT molecular complexity index is 1260. The summed E-state index contributed by atoms with van der Waals surface area (Å²) >= 11 is 0. The van der Waals surface area contributed by atoms with Crippen molar-refractivity contribution in [3.05, 3.63) is 120 Å². The summed E-state index contributed by atoms with van der Waals surface area (Å²) in [5, 5.41) is 8.64. The first-order valence-corrected chi connectivity index (χ1v) is 11.9. The Morgan fingerprint density at radius 1 is 0.917 bits per heavy atom. The summed E-state index contributed by atoms with van der Waals surface area (Å²) in [7, 11) is 0. The van der Waals surface area contributed by atoms with E-state index in [2.05, 4.69) is 48.2 Å². The van der Waals surface area contributed by atoms with Gasteiger partial charge >= 0.3 is 0 Å². The average Bonchev–Trinajstić information content (AvgIpc) is 3.36. The molecule has 36 heavy (non-hydrogen) atoms. The van der Waals surface area contributed by atoms with Gasteiger partial charge in [-0.3, -0.25) is 14.9 Å². The van der Waals surface area contributed by atoms with Crippen molar-refractivity contribution in [1.82, 2.24) is 10.4 Å². The molecule has 0 bridgehead atoms. The molecule has 0 aliphatic rings. The van der Waals surface area contributed by atoms with Gasteiger partial charge in [-0.15, -0.1) is 0 Å². The number of nitrogens with zero attached hydrogens (tertiary/aromatic N) is 1. The predicted molar refractivity (Wildman–Crippen MR) is 140 cm³/mol. The molecule has 2 N–H and O–H groups in total. The Morgan fingerprint density at radius 2 is 1.64 bits per heavy atom. The average molecular weight is 483 g/mol. The molecule has 0 unspecified atom stereocenters. The quantitative estimate of drug-likeness (QED) is 0.159. The van der Waals surface area contributed by atoms with E-state index >= 15 is 0 Å². The molecule has 6 nitrogen and oxygen atoms in total. The highest BCUT2D eigenvalue weighted by molar-refractivity contribution is 5.90. The molecule has 4 rings (SSSR count). The first kappa shape index (κ1) is 25.0. The summed E-state index contributed by atoms with van der Waals surface area (Å²) in [6, 6.07) is 30.7. The third-order valence-electron chi connectivity index (χ3n) is 5.74. The number of hydrogen-bond donors (Lipinski definition) is 2. The molecule has 0 spiro atoms. The Hall–Kier alpha value is -4.13. The SMILES string of the molecule is Cc1ccc(OCCN(Cc2ccc(-c3ccccc3)cc2)Cc2ccc(/C=C/C(=O)NO)o2)cc1. The summed E-state index contributed by atoms with van der Waals surface area (Å²) < 4.78 is 11.8. The molecule has 0 aliphatic heterocycles. The van der Waals surface area contributed by atoms with E-state index in [1.54, 1.807) is 11.5 Å². The number of furan rings is 1. The second-order valence-corrected chi connectivity index (χ2v) is 8.55. The zero-order valence-corrected chi connectivity index (χ0v) is 20.3. The highest BCUT2D eigenvalue weighted by Crippen LogP contribution is 2.21. The highest BCUT2D eigenvalue weighted by atomic mass is 16.5. The van der Waals surface area contributed by atoms with Crippen LogP contribution in [0.4, 0.5) is 0 Å². The van der Waals surface area contributed by atoms with Crippen molar-refractivity contribution >= 4 is 12.0 Å². The Labute approximate surface area is 211 Å². The van der Waals surface area contributed by atoms with Crippen molar-refractivity contribution in [3.8, 4) is 16.9 Å². The van der Waals surface area contributed by atoms with Crippen molar-refractivity contribution in [1.29, 1.82) is 0 Å². The molecule has 1 heterocycles. The number of amides is 1. The first-order chi connectivity index (χ1) is 17.6. The number of hydroxylamine groups is 1. The van der Waals surface area contributed by atoms with E-state index < -0.39 is 5.91 Å². The fourth-order valence-electron chi connectivity index (χ4n) is 3.82. The lowest BCUT2D eigenvalue weighted by atomic mass is 10.0. The normalized spacial score (nSPS) is 11.2. The van der Waals surface area contributed by atoms with Crippen LogP contribution in [0, 0.1) is 6.92 Å². The van der Waals surface area contributed by atoms with Crippen molar-refractivity contribution in [2.24, 2.45) is 0 Å². The van der Waals surface area contributed by atoms with Crippen molar-refractivity contribution < 1.29 is 19.2 Å². The van der Waals surface area contributed by atoms with Crippen LogP contribution >= 0.6 is 0 Å². The molecule has 0 saturated carbocycles. The lowest BCUT2D eigenvalue weighted by Gasteiger charge is -2.22. The van der Waals surface area contributed by atoms with Crippen LogP contribution in [0.15, 0.2) is 101 Å². The van der Waals surface area contributed by atoms with Crippen LogP contribution in [0.2, 0.25) is 0 Å². The van der Waals surface area contributed by atoms with Gasteiger partial charge < -0.3 is 9.15 Å². The molecule has 4 aromatic rings. The number of rotatable bonds is 11. The number of carbonyl (C=O) groups is 1. The van der Waals surface area contributed by atoms with Gasteiger partial charge in [0.15, 0.2) is 0 Å². The monoisotopic (exact) mass is 482 g/mol. The van der Waals surface area contributed by atoms with E-state index in [1.807, 2.05) is 48.5 Å². The van der Waals surface area contributed by atoms with E-state index in [0.717, 1.165) is 18.1 Å². The number of hydrogen-bond acceptors (Lipinski definition) is 5. The Balaban J connectivity index is 1.43. The lowest BCUT2D eigenvalue weighted by molar-refractivity contribution is -0.124. The molecule has 0 saturated heterocycles. The summed E-state index contributed by atoms with van der Waals surface area (Å²) in [6.45, 7) is 4.60. The van der Waals surface area contributed by atoms with Gasteiger partial charge in [-0.1, -0.05) is 72.3 Å². The standard InChI is InChI=1S/C30H30N2O4/c1-23-7-13-27(14-8-23)35-20-19-32(22-29-16-15-28(36-29)17-18-30(33)31-34)21-24-9-11-26(12-10-24)25-5-3-2-4-6-25/h2-18,34H,19-22H2,1H3,(H,31,33)/b18-17+. The minimum Gasteiger partial charge on any atom is -0.492 e. The fraction of sp³-hybridized carbons (Fsp3) is 0.167. The maximum Gasteiger partial charge on any atom is 0.267 e. The number of nitrogens with one attached hydrogen (secondary N) is 1. The van der Waals surface area contributed by atoms with Crippen molar-refractivity contribution in [3.63, 3.8) is 0 Å². The molecule has 184 valence electrons. The second kappa shape index (κ2) is 12.5. The molecule has 1 amide bonds. The molecule has 6 heteroatoms. The third-order valence-corrected chi connectivity index (χ3v) is 5.74. The van der Waals surface area contributed by atoms with Gasteiger partial charge in [-0.25, -0.2) is 5.48 Å². The van der Waals surface area contributed by atoms with Crippen LogP contribution in [0.5, 0.6) is 5.75 Å². The first-order valence-electron chi connectivity index (χ1n) is 11.9. The second-order valence-electron chi connectivity index (χ2n) is 8.55. The highest BCUT2D eigenvalue weighted by Gasteiger charge is 2.11. The maximum absolute atomic E-state index is 11.2. The van der Waals surface area contributed by atoms with Crippen LogP contribution in [0.1, 0.15) is 22.6 Å². The van der Waals surface area contributed by atoms with Gasteiger partial charge in [-0.2, -0.15) is 0 Å². The number of ether oxygens (including phenoxy) is 1. The summed E-state index contributed by atoms with van der Waals surface area (Å²) in [5.41, 5.74) is 6.33. The smallest absolute Gasteiger partial charge is 0.267 e. The zero-order valence-electron chi connectivity index (χ0n) is 20.3. The van der Waals surface area contributed by atoms with E-state index in [9.17, 15) is 4.79 Å². The molecule has 1 aromatic heterocycles. The fourth-order valence-corrected chi connectivity index (χ4v) is 3.82. The van der Waals surface area contributed by atoms with E-state index in [1.165, 1.54) is 34.4 Å². The van der Waals surface area contributed by atoms with E-state index in [-0.39, 0.29) is 0 Å². The van der Waals surface area contributed by atoms with Crippen LogP contribution in [0.3, 0.4) is 0 Å². The van der Waals surface area contributed by atoms with E-state index in [4.69, 9.17) is 14.4 Å². The van der Waals surface area contributed by atoms with Gasteiger partial charge in [0.25, 0.3) is 5.91 Å². The minimum absolute atomic E-state index is 0.537. The third kappa shape index (κ3) is 7.43. The predicted octanol–water partition coefficient (Wildman–Crippen LogP) is 5.85. The molecule has 3 aromatic carbocycles. The van der Waals surface area contributed by atoms with Gasteiger partial charge in [-0.05, 0) is 54.0 Å². The molecular weight excluding hydrogens is 452 g/mol. The van der Waals surface area contributed by atoms with Crippen LogP contribution in [-0.4, -0.2) is 29.2 Å². The van der Waals surface area contributed by atoms with Gasteiger partial charge in [0.1, 0.15) is 23.9 Å². The Morgan fingerprint density at radius 3 is 2.36 bits per heavy atom. The topological polar surface area (TPSA) is 74.9 Å². The van der Waals surface area contributed by atoms with Gasteiger partial charge in [0.2, 0.25) is 0 Å². The molecule has 0 aliphatic carbocycles.